The number of ether oxygens (including phenoxy) is 1. The molecule has 0 radical (unpaired) electrons. The monoisotopic (exact) mass is 329 g/mol. The molecule has 1 aliphatic carbocycles. The number of benzene rings is 1. The van der Waals surface area contributed by atoms with E-state index in [1.54, 1.807) is 11.1 Å². The van der Waals surface area contributed by atoms with Gasteiger partial charge in [-0.2, -0.15) is 0 Å². The molecule has 1 heterocycles. The standard InChI is InChI=1S/C21H31NO2/c1-21(2,3)24-20(23)22-12-10-16(11-13-22)8-9-17-14-18-6-4-5-7-19(18)15-17/h4-7,16-17H,8-15H2,1-3H3. The summed E-state index contributed by atoms with van der Waals surface area (Å²) in [6.07, 6.45) is 7.25. The van der Waals surface area contributed by atoms with Gasteiger partial charge in [-0.3, -0.25) is 0 Å². The van der Waals surface area contributed by atoms with E-state index < -0.39 is 5.60 Å². The summed E-state index contributed by atoms with van der Waals surface area (Å²) in [5.41, 5.74) is 2.72. The molecule has 0 spiro atoms. The number of carbonyl (C=O) groups excluding carboxylic acids is 1. The Morgan fingerprint density at radius 1 is 1.04 bits per heavy atom. The van der Waals surface area contributed by atoms with Gasteiger partial charge in [0.1, 0.15) is 5.60 Å². The highest BCUT2D eigenvalue weighted by Crippen LogP contribution is 2.32. The first-order valence-corrected chi connectivity index (χ1v) is 9.45. The van der Waals surface area contributed by atoms with E-state index in [0.29, 0.717) is 0 Å². The summed E-state index contributed by atoms with van der Waals surface area (Å²) < 4.78 is 5.48. The number of rotatable bonds is 3. The average molecular weight is 329 g/mol. The van der Waals surface area contributed by atoms with E-state index in [1.807, 2.05) is 25.7 Å². The number of carbonyl (C=O) groups is 1. The number of likely N-dealkylation sites (tertiary alicyclic amines) is 1. The molecule has 1 amide bonds. The van der Waals surface area contributed by atoms with Crippen molar-refractivity contribution in [2.45, 2.75) is 64.9 Å². The van der Waals surface area contributed by atoms with Crippen molar-refractivity contribution >= 4 is 6.09 Å². The molecule has 3 rings (SSSR count). The number of hydrogen-bond acceptors (Lipinski definition) is 2. The lowest BCUT2D eigenvalue weighted by Crippen LogP contribution is -2.41. The summed E-state index contributed by atoms with van der Waals surface area (Å²) in [6, 6.07) is 8.89. The van der Waals surface area contributed by atoms with Crippen molar-refractivity contribution in [1.29, 1.82) is 0 Å². The maximum Gasteiger partial charge on any atom is 0.410 e. The number of fused-ring (bicyclic) bond motifs is 1. The van der Waals surface area contributed by atoms with Crippen LogP contribution in [0.25, 0.3) is 0 Å². The van der Waals surface area contributed by atoms with Gasteiger partial charge in [0.2, 0.25) is 0 Å². The molecular weight excluding hydrogens is 298 g/mol. The Kier molecular flexibility index (Phi) is 5.17. The zero-order chi connectivity index (χ0) is 17.2. The van der Waals surface area contributed by atoms with Crippen LogP contribution < -0.4 is 0 Å². The van der Waals surface area contributed by atoms with Gasteiger partial charge in [-0.15, -0.1) is 0 Å². The highest BCUT2D eigenvalue weighted by atomic mass is 16.6. The number of amides is 1. The summed E-state index contributed by atoms with van der Waals surface area (Å²) in [5, 5.41) is 0. The van der Waals surface area contributed by atoms with Gasteiger partial charge in [0, 0.05) is 13.1 Å². The van der Waals surface area contributed by atoms with Gasteiger partial charge in [0.25, 0.3) is 0 Å². The molecule has 3 heteroatoms. The molecule has 0 bridgehead atoms. The lowest BCUT2D eigenvalue weighted by atomic mass is 9.88. The minimum absolute atomic E-state index is 0.146. The summed E-state index contributed by atoms with van der Waals surface area (Å²) in [6.45, 7) is 7.49. The molecular formula is C21H31NO2. The third-order valence-electron chi connectivity index (χ3n) is 5.38. The van der Waals surface area contributed by atoms with Crippen molar-refractivity contribution in [2.24, 2.45) is 11.8 Å². The van der Waals surface area contributed by atoms with Crippen LogP contribution in [0.15, 0.2) is 24.3 Å². The van der Waals surface area contributed by atoms with Gasteiger partial charge < -0.3 is 9.64 Å². The van der Waals surface area contributed by atoms with Crippen molar-refractivity contribution in [3.8, 4) is 0 Å². The molecule has 1 fully saturated rings. The minimum Gasteiger partial charge on any atom is -0.444 e. The van der Waals surface area contributed by atoms with Crippen molar-refractivity contribution in [1.82, 2.24) is 4.90 Å². The summed E-state index contributed by atoms with van der Waals surface area (Å²) in [4.78, 5) is 14.0. The molecule has 0 atom stereocenters. The number of nitrogens with zero attached hydrogens (tertiary/aromatic N) is 1. The first-order chi connectivity index (χ1) is 11.4. The molecule has 3 nitrogen and oxygen atoms in total. The Bertz CT molecular complexity index is 542. The third kappa shape index (κ3) is 4.52. The van der Waals surface area contributed by atoms with Gasteiger partial charge in [-0.05, 0) is 75.8 Å². The molecule has 0 unspecified atom stereocenters. The van der Waals surface area contributed by atoms with Gasteiger partial charge >= 0.3 is 6.09 Å². The van der Waals surface area contributed by atoms with Crippen molar-refractivity contribution < 1.29 is 9.53 Å². The molecule has 1 aromatic rings. The van der Waals surface area contributed by atoms with Crippen LogP contribution in [0.5, 0.6) is 0 Å². The first-order valence-electron chi connectivity index (χ1n) is 9.45. The zero-order valence-electron chi connectivity index (χ0n) is 15.4. The van der Waals surface area contributed by atoms with Gasteiger partial charge in [0.15, 0.2) is 0 Å². The van der Waals surface area contributed by atoms with Crippen LogP contribution in [-0.4, -0.2) is 29.7 Å². The molecule has 2 aliphatic rings. The highest BCUT2D eigenvalue weighted by Gasteiger charge is 2.28. The van der Waals surface area contributed by atoms with Crippen molar-refractivity contribution in [3.05, 3.63) is 35.4 Å². The van der Waals surface area contributed by atoms with Crippen molar-refractivity contribution in [3.63, 3.8) is 0 Å². The highest BCUT2D eigenvalue weighted by molar-refractivity contribution is 5.68. The Morgan fingerprint density at radius 3 is 2.12 bits per heavy atom. The maximum atomic E-state index is 12.1. The molecule has 0 aromatic heterocycles. The lowest BCUT2D eigenvalue weighted by molar-refractivity contribution is 0.0179. The van der Waals surface area contributed by atoms with Crippen LogP contribution in [0, 0.1) is 11.8 Å². The second-order valence-electron chi connectivity index (χ2n) is 8.53. The first kappa shape index (κ1) is 17.3. The Hall–Kier alpha value is -1.51. The summed E-state index contributed by atoms with van der Waals surface area (Å²) in [5.74, 6) is 1.60. The van der Waals surface area contributed by atoms with Gasteiger partial charge in [-0.25, -0.2) is 4.79 Å². The summed E-state index contributed by atoms with van der Waals surface area (Å²) in [7, 11) is 0. The summed E-state index contributed by atoms with van der Waals surface area (Å²) >= 11 is 0. The smallest absolute Gasteiger partial charge is 0.410 e. The lowest BCUT2D eigenvalue weighted by Gasteiger charge is -2.33. The minimum atomic E-state index is -0.397. The van der Waals surface area contributed by atoms with Gasteiger partial charge in [-0.1, -0.05) is 30.7 Å². The van der Waals surface area contributed by atoms with Crippen LogP contribution in [-0.2, 0) is 17.6 Å². The molecule has 24 heavy (non-hydrogen) atoms. The van der Waals surface area contributed by atoms with Crippen LogP contribution in [0.2, 0.25) is 0 Å². The maximum absolute atomic E-state index is 12.1. The van der Waals surface area contributed by atoms with Crippen LogP contribution in [0.4, 0.5) is 4.79 Å². The topological polar surface area (TPSA) is 29.5 Å². The molecule has 1 aromatic carbocycles. The van der Waals surface area contributed by atoms with E-state index in [1.165, 1.54) is 25.7 Å². The fraction of sp³-hybridized carbons (Fsp3) is 0.667. The molecule has 0 saturated carbocycles. The van der Waals surface area contributed by atoms with E-state index in [-0.39, 0.29) is 6.09 Å². The van der Waals surface area contributed by atoms with Crippen LogP contribution >= 0.6 is 0 Å². The van der Waals surface area contributed by atoms with E-state index in [9.17, 15) is 4.79 Å². The van der Waals surface area contributed by atoms with E-state index in [4.69, 9.17) is 4.74 Å². The van der Waals surface area contributed by atoms with E-state index in [2.05, 4.69) is 24.3 Å². The molecule has 1 aliphatic heterocycles. The Balaban J connectivity index is 1.38. The normalized spacial score (nSPS) is 19.4. The molecule has 0 N–H and O–H groups in total. The second kappa shape index (κ2) is 7.16. The number of piperidine rings is 1. The Labute approximate surface area is 146 Å². The largest absolute Gasteiger partial charge is 0.444 e. The predicted octanol–water partition coefficient (Wildman–Crippen LogP) is 4.83. The third-order valence-corrected chi connectivity index (χ3v) is 5.38. The molecule has 132 valence electrons. The fourth-order valence-electron chi connectivity index (χ4n) is 4.06. The number of hydrogen-bond donors (Lipinski definition) is 0. The second-order valence-corrected chi connectivity index (χ2v) is 8.53. The van der Waals surface area contributed by atoms with Crippen LogP contribution in [0.1, 0.15) is 57.6 Å². The van der Waals surface area contributed by atoms with Gasteiger partial charge in [0.05, 0.1) is 0 Å². The molecule has 1 saturated heterocycles. The van der Waals surface area contributed by atoms with Crippen molar-refractivity contribution in [2.75, 3.05) is 13.1 Å². The zero-order valence-corrected chi connectivity index (χ0v) is 15.4. The fourth-order valence-corrected chi connectivity index (χ4v) is 4.06. The van der Waals surface area contributed by atoms with E-state index >= 15 is 0 Å². The predicted molar refractivity (Wildman–Crippen MR) is 97.1 cm³/mol. The average Bonchev–Trinajstić information content (AvgIpc) is 2.94. The van der Waals surface area contributed by atoms with Crippen LogP contribution in [0.3, 0.4) is 0 Å². The Morgan fingerprint density at radius 2 is 1.58 bits per heavy atom. The van der Waals surface area contributed by atoms with E-state index in [0.717, 1.165) is 37.8 Å². The SMILES string of the molecule is CC(C)(C)OC(=O)N1CCC(CCC2Cc3ccccc3C2)CC1. The quantitative estimate of drug-likeness (QED) is 0.795.